The summed E-state index contributed by atoms with van der Waals surface area (Å²) in [6.07, 6.45) is 1.94. The topological polar surface area (TPSA) is 39.8 Å². The molecule has 14 heavy (non-hydrogen) atoms. The first-order chi connectivity index (χ1) is 6.74. The highest BCUT2D eigenvalue weighted by atomic mass is 15.0. The molecular weight excluding hydrogens is 174 g/mol. The van der Waals surface area contributed by atoms with E-state index >= 15 is 0 Å². The van der Waals surface area contributed by atoms with Crippen molar-refractivity contribution in [3.63, 3.8) is 0 Å². The smallest absolute Gasteiger partial charge is 0.103 e. The number of nitrogens with one attached hydrogen (secondary N) is 3. The van der Waals surface area contributed by atoms with E-state index in [2.05, 4.69) is 35.5 Å². The molecule has 0 amide bonds. The van der Waals surface area contributed by atoms with Crippen molar-refractivity contribution >= 4 is 5.82 Å². The third kappa shape index (κ3) is 3.42. The van der Waals surface area contributed by atoms with Crippen molar-refractivity contribution < 1.29 is 0 Å². The Balaban J connectivity index is 2.33. The van der Waals surface area contributed by atoms with Gasteiger partial charge >= 0.3 is 0 Å². The van der Waals surface area contributed by atoms with Crippen LogP contribution < -0.4 is 10.6 Å². The first kappa shape index (κ1) is 11.1. The summed E-state index contributed by atoms with van der Waals surface area (Å²) in [6.45, 7) is 6.60. The van der Waals surface area contributed by atoms with Crippen molar-refractivity contribution in [2.75, 3.05) is 25.5 Å². The van der Waals surface area contributed by atoms with Crippen LogP contribution in [0.4, 0.5) is 5.82 Å². The molecule has 0 spiro atoms. The van der Waals surface area contributed by atoms with Gasteiger partial charge in [0.15, 0.2) is 0 Å². The molecule has 1 atom stereocenters. The van der Waals surface area contributed by atoms with Gasteiger partial charge in [-0.1, -0.05) is 13.8 Å². The number of hydrogen-bond acceptors (Lipinski definition) is 2. The molecule has 1 unspecified atom stereocenters. The Labute approximate surface area is 86.3 Å². The van der Waals surface area contributed by atoms with Gasteiger partial charge in [0.1, 0.15) is 5.82 Å². The van der Waals surface area contributed by atoms with E-state index < -0.39 is 0 Å². The molecule has 0 saturated heterocycles. The van der Waals surface area contributed by atoms with Gasteiger partial charge in [-0.15, -0.1) is 0 Å². The first-order valence-corrected chi connectivity index (χ1v) is 5.26. The Hall–Kier alpha value is -0.960. The van der Waals surface area contributed by atoms with Crippen LogP contribution in [0.2, 0.25) is 0 Å². The van der Waals surface area contributed by atoms with Gasteiger partial charge < -0.3 is 15.6 Å². The Morgan fingerprint density at radius 1 is 1.36 bits per heavy atom. The number of hydrogen-bond donors (Lipinski definition) is 3. The van der Waals surface area contributed by atoms with Crippen LogP contribution in [-0.4, -0.2) is 25.1 Å². The van der Waals surface area contributed by atoms with Gasteiger partial charge in [0.05, 0.1) is 0 Å². The van der Waals surface area contributed by atoms with Gasteiger partial charge in [-0.3, -0.25) is 0 Å². The van der Waals surface area contributed by atoms with Crippen LogP contribution in [0.15, 0.2) is 18.3 Å². The largest absolute Gasteiger partial charge is 0.371 e. The molecule has 1 rings (SSSR count). The van der Waals surface area contributed by atoms with Crippen molar-refractivity contribution in [1.82, 2.24) is 10.3 Å². The summed E-state index contributed by atoms with van der Waals surface area (Å²) in [7, 11) is 2.00. The van der Waals surface area contributed by atoms with Crippen molar-refractivity contribution in [1.29, 1.82) is 0 Å². The molecule has 0 fully saturated rings. The van der Waals surface area contributed by atoms with Gasteiger partial charge in [-0.05, 0) is 37.6 Å². The van der Waals surface area contributed by atoms with E-state index in [9.17, 15) is 0 Å². The monoisotopic (exact) mass is 195 g/mol. The first-order valence-electron chi connectivity index (χ1n) is 5.26. The summed E-state index contributed by atoms with van der Waals surface area (Å²) in [4.78, 5) is 3.14. The van der Waals surface area contributed by atoms with E-state index in [-0.39, 0.29) is 0 Å². The van der Waals surface area contributed by atoms with Crippen molar-refractivity contribution in [2.45, 2.75) is 13.8 Å². The summed E-state index contributed by atoms with van der Waals surface area (Å²) in [5.74, 6) is 2.47. The van der Waals surface area contributed by atoms with E-state index in [1.165, 1.54) is 0 Å². The minimum Gasteiger partial charge on any atom is -0.371 e. The molecule has 1 heterocycles. The molecule has 0 aliphatic rings. The third-order valence-corrected chi connectivity index (χ3v) is 2.56. The number of aromatic nitrogens is 1. The van der Waals surface area contributed by atoms with Gasteiger partial charge in [-0.25, -0.2) is 0 Å². The lowest BCUT2D eigenvalue weighted by Crippen LogP contribution is -2.29. The number of anilines is 1. The zero-order valence-electron chi connectivity index (χ0n) is 9.30. The van der Waals surface area contributed by atoms with Crippen LogP contribution >= 0.6 is 0 Å². The molecular formula is C11H21N3. The molecule has 3 heteroatoms. The molecule has 0 aliphatic carbocycles. The molecule has 1 aromatic rings. The maximum Gasteiger partial charge on any atom is 0.103 e. The van der Waals surface area contributed by atoms with Gasteiger partial charge in [-0.2, -0.15) is 0 Å². The fraction of sp³-hybridized carbons (Fsp3) is 0.636. The van der Waals surface area contributed by atoms with Crippen molar-refractivity contribution in [3.8, 4) is 0 Å². The summed E-state index contributed by atoms with van der Waals surface area (Å²) >= 11 is 0. The lowest BCUT2D eigenvalue weighted by atomic mass is 9.96. The second kappa shape index (κ2) is 5.70. The molecule has 0 radical (unpaired) electrons. The number of rotatable bonds is 6. The lowest BCUT2D eigenvalue weighted by Gasteiger charge is -2.20. The molecule has 0 saturated carbocycles. The second-order valence-corrected chi connectivity index (χ2v) is 4.03. The fourth-order valence-electron chi connectivity index (χ4n) is 1.49. The zero-order chi connectivity index (χ0) is 10.4. The van der Waals surface area contributed by atoms with Gasteiger partial charge in [0.2, 0.25) is 0 Å². The predicted molar refractivity (Wildman–Crippen MR) is 61.5 cm³/mol. The third-order valence-electron chi connectivity index (χ3n) is 2.56. The Morgan fingerprint density at radius 2 is 2.14 bits per heavy atom. The molecule has 3 nitrogen and oxygen atoms in total. The number of H-pyrrole nitrogens is 1. The molecule has 3 N–H and O–H groups in total. The van der Waals surface area contributed by atoms with Crippen LogP contribution in [-0.2, 0) is 0 Å². The normalized spacial score (nSPS) is 13.1. The van der Waals surface area contributed by atoms with E-state index in [4.69, 9.17) is 0 Å². The summed E-state index contributed by atoms with van der Waals surface area (Å²) in [6, 6.07) is 4.06. The minimum atomic E-state index is 0.670. The highest BCUT2D eigenvalue weighted by molar-refractivity contribution is 5.34. The molecule has 0 aliphatic heterocycles. The maximum absolute atomic E-state index is 3.40. The minimum absolute atomic E-state index is 0.670. The molecule has 80 valence electrons. The average Bonchev–Trinajstić information content (AvgIpc) is 2.64. The van der Waals surface area contributed by atoms with Gasteiger partial charge in [0, 0.05) is 12.7 Å². The average molecular weight is 195 g/mol. The SMILES string of the molecule is CNCC(CNc1ccc[nH]1)C(C)C. The second-order valence-electron chi connectivity index (χ2n) is 4.03. The van der Waals surface area contributed by atoms with E-state index in [1.807, 2.05) is 19.3 Å². The molecule has 0 bridgehead atoms. The molecule has 1 aromatic heterocycles. The van der Waals surface area contributed by atoms with Crippen LogP contribution in [0.5, 0.6) is 0 Å². The lowest BCUT2D eigenvalue weighted by molar-refractivity contribution is 0.390. The summed E-state index contributed by atoms with van der Waals surface area (Å²) in [5.41, 5.74) is 0. The van der Waals surface area contributed by atoms with Crippen molar-refractivity contribution in [2.24, 2.45) is 11.8 Å². The van der Waals surface area contributed by atoms with Crippen LogP contribution in [0.3, 0.4) is 0 Å². The van der Waals surface area contributed by atoms with E-state index in [0.29, 0.717) is 11.8 Å². The van der Waals surface area contributed by atoms with Crippen LogP contribution in [0.1, 0.15) is 13.8 Å². The van der Waals surface area contributed by atoms with Gasteiger partial charge in [0.25, 0.3) is 0 Å². The standard InChI is InChI=1S/C11H21N3/c1-9(2)10(7-12-3)8-14-11-5-4-6-13-11/h4-6,9-10,12-14H,7-8H2,1-3H3. The number of aromatic amines is 1. The van der Waals surface area contributed by atoms with E-state index in [1.54, 1.807) is 0 Å². The Bertz CT molecular complexity index is 229. The maximum atomic E-state index is 3.40. The van der Waals surface area contributed by atoms with E-state index in [0.717, 1.165) is 18.9 Å². The zero-order valence-corrected chi connectivity index (χ0v) is 9.30. The Kier molecular flexibility index (Phi) is 4.53. The highest BCUT2D eigenvalue weighted by Crippen LogP contribution is 2.11. The fourth-order valence-corrected chi connectivity index (χ4v) is 1.49. The Morgan fingerprint density at radius 3 is 2.64 bits per heavy atom. The summed E-state index contributed by atoms with van der Waals surface area (Å²) in [5, 5.41) is 6.62. The van der Waals surface area contributed by atoms with Crippen LogP contribution in [0.25, 0.3) is 0 Å². The predicted octanol–water partition coefficient (Wildman–Crippen LogP) is 1.92. The summed E-state index contributed by atoms with van der Waals surface area (Å²) < 4.78 is 0. The quantitative estimate of drug-likeness (QED) is 0.649. The highest BCUT2D eigenvalue weighted by Gasteiger charge is 2.11. The van der Waals surface area contributed by atoms with Crippen LogP contribution in [0, 0.1) is 11.8 Å². The molecule has 0 aromatic carbocycles. The van der Waals surface area contributed by atoms with Crippen molar-refractivity contribution in [3.05, 3.63) is 18.3 Å².